The highest BCUT2D eigenvalue weighted by atomic mass is 16.6. The summed E-state index contributed by atoms with van der Waals surface area (Å²) < 4.78 is 0. The van der Waals surface area contributed by atoms with Gasteiger partial charge in [-0.3, -0.25) is 4.79 Å². The van der Waals surface area contributed by atoms with Crippen molar-refractivity contribution in [1.82, 2.24) is 4.90 Å². The van der Waals surface area contributed by atoms with E-state index in [1.54, 1.807) is 0 Å². The summed E-state index contributed by atoms with van der Waals surface area (Å²) in [7, 11) is 0. The lowest BCUT2D eigenvalue weighted by Gasteiger charge is -2.23. The van der Waals surface area contributed by atoms with Crippen molar-refractivity contribution in [3.8, 4) is 0 Å². The van der Waals surface area contributed by atoms with E-state index in [0.29, 0.717) is 6.54 Å². The van der Waals surface area contributed by atoms with Gasteiger partial charge in [-0.2, -0.15) is 0 Å². The minimum Gasteiger partial charge on any atom is -0.390 e. The molecule has 4 nitrogen and oxygen atoms in total. The molecule has 1 saturated carbocycles. The van der Waals surface area contributed by atoms with Crippen molar-refractivity contribution in [2.45, 2.75) is 39.2 Å². The molecular formula is C17H22N2O2. The first-order valence-corrected chi connectivity index (χ1v) is 7.76. The Morgan fingerprint density at radius 1 is 1.33 bits per heavy atom. The Hall–Kier alpha value is -1.84. The zero-order chi connectivity index (χ0) is 14.8. The van der Waals surface area contributed by atoms with Crippen LogP contribution in [-0.2, 0) is 9.63 Å². The van der Waals surface area contributed by atoms with Crippen LogP contribution in [0.5, 0.6) is 0 Å². The second-order valence-electron chi connectivity index (χ2n) is 5.99. The van der Waals surface area contributed by atoms with Gasteiger partial charge in [-0.25, -0.2) is 0 Å². The molecule has 0 aromatic heterocycles. The standard InChI is InChI=1S/C17H22N2O2/c1-3-19(17(20)14-8-9-14)11-15-10-16(18-21-15)13-6-4-12(2)5-7-13/h4-7,14-15H,3,8-11H2,1-2H3. The lowest BCUT2D eigenvalue weighted by Crippen LogP contribution is -2.38. The molecule has 0 bridgehead atoms. The molecule has 4 heteroatoms. The summed E-state index contributed by atoms with van der Waals surface area (Å²) in [5.74, 6) is 0.550. The van der Waals surface area contributed by atoms with Crippen molar-refractivity contribution in [1.29, 1.82) is 0 Å². The quantitative estimate of drug-likeness (QED) is 0.835. The minimum absolute atomic E-state index is 0.0102. The second kappa shape index (κ2) is 5.88. The Morgan fingerprint density at radius 3 is 2.67 bits per heavy atom. The van der Waals surface area contributed by atoms with Crippen LogP contribution in [0.3, 0.4) is 0 Å². The highest BCUT2D eigenvalue weighted by Crippen LogP contribution is 2.31. The summed E-state index contributed by atoms with van der Waals surface area (Å²) in [5, 5.41) is 4.20. The van der Waals surface area contributed by atoms with Gasteiger partial charge in [0.1, 0.15) is 0 Å². The van der Waals surface area contributed by atoms with Crippen LogP contribution in [0, 0.1) is 12.8 Å². The molecule has 1 aliphatic carbocycles. The maximum Gasteiger partial charge on any atom is 0.225 e. The number of amides is 1. The zero-order valence-corrected chi connectivity index (χ0v) is 12.7. The Kier molecular flexibility index (Phi) is 3.95. The van der Waals surface area contributed by atoms with Gasteiger partial charge in [-0.15, -0.1) is 0 Å². The molecule has 112 valence electrons. The van der Waals surface area contributed by atoms with E-state index < -0.39 is 0 Å². The number of carbonyl (C=O) groups is 1. The third-order valence-electron chi connectivity index (χ3n) is 4.16. The van der Waals surface area contributed by atoms with Gasteiger partial charge < -0.3 is 9.74 Å². The van der Waals surface area contributed by atoms with Crippen LogP contribution in [0.2, 0.25) is 0 Å². The number of hydrogen-bond donors (Lipinski definition) is 0. The Balaban J connectivity index is 1.57. The summed E-state index contributed by atoms with van der Waals surface area (Å²) in [4.78, 5) is 19.6. The van der Waals surface area contributed by atoms with Gasteiger partial charge in [-0.1, -0.05) is 35.0 Å². The topological polar surface area (TPSA) is 41.9 Å². The van der Waals surface area contributed by atoms with Gasteiger partial charge in [0.15, 0.2) is 6.10 Å². The maximum atomic E-state index is 12.1. The van der Waals surface area contributed by atoms with Crippen LogP contribution in [0.25, 0.3) is 0 Å². The predicted molar refractivity (Wildman–Crippen MR) is 82.2 cm³/mol. The molecule has 1 aliphatic heterocycles. The smallest absolute Gasteiger partial charge is 0.225 e. The molecule has 0 spiro atoms. The van der Waals surface area contributed by atoms with Gasteiger partial charge in [0.05, 0.1) is 12.3 Å². The molecule has 0 radical (unpaired) electrons. The van der Waals surface area contributed by atoms with E-state index in [4.69, 9.17) is 4.84 Å². The molecule has 21 heavy (non-hydrogen) atoms. The molecule has 0 N–H and O–H groups in total. The second-order valence-corrected chi connectivity index (χ2v) is 5.99. The predicted octanol–water partition coefficient (Wildman–Crippen LogP) is 2.75. The maximum absolute atomic E-state index is 12.1. The Morgan fingerprint density at radius 2 is 2.05 bits per heavy atom. The fraction of sp³-hybridized carbons (Fsp3) is 0.529. The molecule has 1 atom stereocenters. The lowest BCUT2D eigenvalue weighted by atomic mass is 10.0. The molecule has 1 fully saturated rings. The monoisotopic (exact) mass is 286 g/mol. The molecule has 1 heterocycles. The fourth-order valence-electron chi connectivity index (χ4n) is 2.65. The van der Waals surface area contributed by atoms with Gasteiger partial charge in [0.25, 0.3) is 0 Å². The minimum atomic E-state index is -0.0102. The lowest BCUT2D eigenvalue weighted by molar-refractivity contribution is -0.134. The normalized spacial score (nSPS) is 20.9. The molecular weight excluding hydrogens is 264 g/mol. The first-order valence-electron chi connectivity index (χ1n) is 7.76. The van der Waals surface area contributed by atoms with Gasteiger partial charge in [0.2, 0.25) is 5.91 Å². The van der Waals surface area contributed by atoms with E-state index in [0.717, 1.165) is 37.1 Å². The summed E-state index contributed by atoms with van der Waals surface area (Å²) >= 11 is 0. The van der Waals surface area contributed by atoms with Crippen molar-refractivity contribution in [2.75, 3.05) is 13.1 Å². The van der Waals surface area contributed by atoms with E-state index in [9.17, 15) is 4.79 Å². The summed E-state index contributed by atoms with van der Waals surface area (Å²) in [6.45, 7) is 5.49. The van der Waals surface area contributed by atoms with Crippen molar-refractivity contribution < 1.29 is 9.63 Å². The summed E-state index contributed by atoms with van der Waals surface area (Å²) in [6, 6.07) is 8.32. The third kappa shape index (κ3) is 3.26. The Labute approximate surface area is 125 Å². The van der Waals surface area contributed by atoms with E-state index in [2.05, 4.69) is 36.3 Å². The molecule has 0 saturated heterocycles. The molecule has 1 aromatic rings. The summed E-state index contributed by atoms with van der Waals surface area (Å²) in [5.41, 5.74) is 3.33. The number of oxime groups is 1. The number of nitrogens with zero attached hydrogens (tertiary/aromatic N) is 2. The Bertz CT molecular complexity index is 546. The van der Waals surface area contributed by atoms with Crippen molar-refractivity contribution in [2.24, 2.45) is 11.1 Å². The summed E-state index contributed by atoms with van der Waals surface area (Å²) in [6.07, 6.45) is 2.86. The van der Waals surface area contributed by atoms with E-state index in [1.807, 2.05) is 11.8 Å². The first kappa shape index (κ1) is 14.1. The van der Waals surface area contributed by atoms with E-state index in [-0.39, 0.29) is 17.9 Å². The van der Waals surface area contributed by atoms with Crippen LogP contribution in [0.4, 0.5) is 0 Å². The van der Waals surface area contributed by atoms with E-state index >= 15 is 0 Å². The van der Waals surface area contributed by atoms with E-state index in [1.165, 1.54) is 5.56 Å². The van der Waals surface area contributed by atoms with Crippen molar-refractivity contribution in [3.05, 3.63) is 35.4 Å². The zero-order valence-electron chi connectivity index (χ0n) is 12.7. The number of rotatable bonds is 5. The third-order valence-corrected chi connectivity index (χ3v) is 4.16. The van der Waals surface area contributed by atoms with Crippen LogP contribution in [0.15, 0.2) is 29.4 Å². The van der Waals surface area contributed by atoms with Gasteiger partial charge in [-0.05, 0) is 32.3 Å². The highest BCUT2D eigenvalue weighted by Gasteiger charge is 2.34. The fourth-order valence-corrected chi connectivity index (χ4v) is 2.65. The van der Waals surface area contributed by atoms with Crippen LogP contribution < -0.4 is 0 Å². The first-order chi connectivity index (χ1) is 10.2. The molecule has 2 aliphatic rings. The number of aryl methyl sites for hydroxylation is 1. The molecule has 1 unspecified atom stereocenters. The number of carbonyl (C=O) groups excluding carboxylic acids is 1. The number of hydrogen-bond acceptors (Lipinski definition) is 3. The van der Waals surface area contributed by atoms with Crippen LogP contribution in [0.1, 0.15) is 37.3 Å². The van der Waals surface area contributed by atoms with Crippen molar-refractivity contribution in [3.63, 3.8) is 0 Å². The number of likely N-dealkylation sites (N-methyl/N-ethyl adjacent to an activating group) is 1. The highest BCUT2D eigenvalue weighted by molar-refractivity contribution is 6.01. The largest absolute Gasteiger partial charge is 0.390 e. The van der Waals surface area contributed by atoms with Gasteiger partial charge >= 0.3 is 0 Å². The average Bonchev–Trinajstić information content (AvgIpc) is 3.24. The number of benzene rings is 1. The molecule has 1 aromatic carbocycles. The average molecular weight is 286 g/mol. The molecule has 3 rings (SSSR count). The van der Waals surface area contributed by atoms with Crippen LogP contribution >= 0.6 is 0 Å². The SMILES string of the molecule is CCN(CC1CC(c2ccc(C)cc2)=NO1)C(=O)C1CC1. The van der Waals surface area contributed by atoms with Crippen LogP contribution in [-0.4, -0.2) is 35.7 Å². The molecule has 1 amide bonds. The van der Waals surface area contributed by atoms with Gasteiger partial charge in [0, 0.05) is 18.9 Å². The van der Waals surface area contributed by atoms with Crippen molar-refractivity contribution >= 4 is 11.6 Å².